The molecule has 3 nitrogen and oxygen atoms in total. The summed E-state index contributed by atoms with van der Waals surface area (Å²) in [6, 6.07) is 8.28. The van der Waals surface area contributed by atoms with Crippen molar-refractivity contribution in [2.75, 3.05) is 5.75 Å². The zero-order valence-electron chi connectivity index (χ0n) is 13.0. The van der Waals surface area contributed by atoms with Gasteiger partial charge in [-0.25, -0.2) is 4.98 Å². The van der Waals surface area contributed by atoms with E-state index in [2.05, 4.69) is 43.6 Å². The number of hydrogen-bond donors (Lipinski definition) is 1. The van der Waals surface area contributed by atoms with Crippen LogP contribution in [0.25, 0.3) is 11.3 Å². The minimum Gasteiger partial charge on any atom is -0.301 e. The predicted molar refractivity (Wildman–Crippen MR) is 92.6 cm³/mol. The Hall–Kier alpha value is -1.81. The van der Waals surface area contributed by atoms with Gasteiger partial charge in [-0.3, -0.25) is 4.79 Å². The summed E-state index contributed by atoms with van der Waals surface area (Å²) in [4.78, 5) is 20.4. The Kier molecular flexibility index (Phi) is 3.96. The molecule has 2 aromatic rings. The van der Waals surface area contributed by atoms with Gasteiger partial charge in [0.2, 0.25) is 0 Å². The van der Waals surface area contributed by atoms with Crippen LogP contribution in [0.2, 0.25) is 0 Å². The van der Waals surface area contributed by atoms with Crippen molar-refractivity contribution in [1.29, 1.82) is 0 Å². The van der Waals surface area contributed by atoms with Crippen LogP contribution in [-0.2, 0) is 11.8 Å². The number of benzene rings is 1. The molecule has 0 aliphatic heterocycles. The summed E-state index contributed by atoms with van der Waals surface area (Å²) in [5.74, 6) is 0.731. The van der Waals surface area contributed by atoms with E-state index in [9.17, 15) is 4.79 Å². The Balaban J connectivity index is 2.25. The molecular weight excluding hydrogens is 292 g/mol. The van der Waals surface area contributed by atoms with Gasteiger partial charge < -0.3 is 4.98 Å². The third kappa shape index (κ3) is 2.41. The van der Waals surface area contributed by atoms with Gasteiger partial charge in [0.1, 0.15) is 0 Å². The summed E-state index contributed by atoms with van der Waals surface area (Å²) in [6.07, 6.45) is 3.61. The number of rotatable bonds is 4. The minimum atomic E-state index is -0.161. The fourth-order valence-corrected chi connectivity index (χ4v) is 3.73. The first-order valence-corrected chi connectivity index (χ1v) is 8.54. The molecular formula is C18H20N2OS. The smallest absolute Gasteiger partial charge is 0.255 e. The number of fused-ring (bicyclic) bond motifs is 3. The molecule has 114 valence electrons. The van der Waals surface area contributed by atoms with Crippen LogP contribution < -0.4 is 5.56 Å². The molecule has 1 heterocycles. The zero-order valence-corrected chi connectivity index (χ0v) is 13.8. The van der Waals surface area contributed by atoms with Crippen LogP contribution in [0.1, 0.15) is 31.4 Å². The number of aromatic nitrogens is 2. The summed E-state index contributed by atoms with van der Waals surface area (Å²) in [5.41, 5.74) is 3.88. The van der Waals surface area contributed by atoms with Gasteiger partial charge >= 0.3 is 0 Å². The molecule has 1 atom stereocenters. The van der Waals surface area contributed by atoms with Gasteiger partial charge in [-0.15, -0.1) is 6.58 Å². The lowest BCUT2D eigenvalue weighted by atomic mass is 9.69. The van der Waals surface area contributed by atoms with Crippen LogP contribution in [0.5, 0.6) is 0 Å². The van der Waals surface area contributed by atoms with E-state index < -0.39 is 0 Å². The molecule has 0 saturated heterocycles. The fourth-order valence-electron chi connectivity index (χ4n) is 3.13. The lowest BCUT2D eigenvalue weighted by molar-refractivity contribution is 0.439. The van der Waals surface area contributed by atoms with Crippen LogP contribution in [0.15, 0.2) is 46.9 Å². The van der Waals surface area contributed by atoms with E-state index in [1.54, 1.807) is 0 Å². The maximum absolute atomic E-state index is 12.7. The zero-order chi connectivity index (χ0) is 15.7. The van der Waals surface area contributed by atoms with E-state index >= 15 is 0 Å². The topological polar surface area (TPSA) is 45.8 Å². The van der Waals surface area contributed by atoms with Gasteiger partial charge in [0.05, 0.1) is 5.69 Å². The van der Waals surface area contributed by atoms with E-state index in [1.807, 2.05) is 12.1 Å². The molecule has 0 fully saturated rings. The number of nitrogens with one attached hydrogen (secondary N) is 1. The minimum absolute atomic E-state index is 0.00425. The van der Waals surface area contributed by atoms with Crippen LogP contribution in [0.4, 0.5) is 0 Å². The molecule has 22 heavy (non-hydrogen) atoms. The average molecular weight is 312 g/mol. The van der Waals surface area contributed by atoms with Gasteiger partial charge in [0.25, 0.3) is 5.56 Å². The van der Waals surface area contributed by atoms with Gasteiger partial charge in [-0.05, 0) is 18.4 Å². The van der Waals surface area contributed by atoms with Crippen molar-refractivity contribution >= 4 is 11.8 Å². The van der Waals surface area contributed by atoms with Gasteiger partial charge in [0, 0.05) is 22.3 Å². The van der Waals surface area contributed by atoms with Crippen molar-refractivity contribution in [1.82, 2.24) is 9.97 Å². The van der Waals surface area contributed by atoms with E-state index in [0.29, 0.717) is 5.16 Å². The van der Waals surface area contributed by atoms with Crippen LogP contribution in [-0.4, -0.2) is 15.7 Å². The highest BCUT2D eigenvalue weighted by atomic mass is 32.2. The van der Waals surface area contributed by atoms with E-state index in [0.717, 1.165) is 35.4 Å². The van der Waals surface area contributed by atoms with Crippen LogP contribution >= 0.6 is 11.8 Å². The van der Waals surface area contributed by atoms with Crippen molar-refractivity contribution in [3.63, 3.8) is 0 Å². The molecule has 4 heteroatoms. The molecule has 0 spiro atoms. The molecule has 1 aliphatic rings. The lowest BCUT2D eigenvalue weighted by Gasteiger charge is -2.34. The largest absolute Gasteiger partial charge is 0.301 e. The lowest BCUT2D eigenvalue weighted by Crippen LogP contribution is -2.36. The molecule has 0 saturated carbocycles. The maximum Gasteiger partial charge on any atom is 0.255 e. The van der Waals surface area contributed by atoms with Crippen LogP contribution in [0, 0.1) is 0 Å². The molecule has 1 aromatic heterocycles. The van der Waals surface area contributed by atoms with Crippen molar-refractivity contribution in [3.05, 3.63) is 58.4 Å². The quantitative estimate of drug-likeness (QED) is 0.528. The summed E-state index contributed by atoms with van der Waals surface area (Å²) >= 11 is 1.51. The monoisotopic (exact) mass is 312 g/mol. The van der Waals surface area contributed by atoms with Gasteiger partial charge in [-0.2, -0.15) is 0 Å². The third-order valence-corrected chi connectivity index (χ3v) is 5.34. The molecule has 0 amide bonds. The standard InChI is InChI=1S/C18H20N2OS/c1-4-10-22-17-19-15-13-9-7-6-8-12(13)11-18(3,5-2)14(15)16(21)20-17/h4,6-9H,1,5,10-11H2,2-3H3,(H,19,20,21). The Morgan fingerprint density at radius 2 is 2.23 bits per heavy atom. The molecule has 1 unspecified atom stereocenters. The molecule has 1 N–H and O–H groups in total. The second kappa shape index (κ2) is 5.76. The van der Waals surface area contributed by atoms with E-state index in [-0.39, 0.29) is 11.0 Å². The Morgan fingerprint density at radius 1 is 1.45 bits per heavy atom. The maximum atomic E-state index is 12.7. The summed E-state index contributed by atoms with van der Waals surface area (Å²) < 4.78 is 0. The van der Waals surface area contributed by atoms with Crippen molar-refractivity contribution in [2.24, 2.45) is 0 Å². The highest BCUT2D eigenvalue weighted by Crippen LogP contribution is 2.42. The van der Waals surface area contributed by atoms with E-state index in [1.165, 1.54) is 17.3 Å². The molecule has 1 aliphatic carbocycles. The normalized spacial score (nSPS) is 19.4. The summed E-state index contributed by atoms with van der Waals surface area (Å²) in [7, 11) is 0. The Labute approximate surface area is 134 Å². The summed E-state index contributed by atoms with van der Waals surface area (Å²) in [5, 5.41) is 0.666. The highest BCUT2D eigenvalue weighted by molar-refractivity contribution is 7.99. The van der Waals surface area contributed by atoms with Gasteiger partial charge in [-0.1, -0.05) is 56.0 Å². The van der Waals surface area contributed by atoms with Crippen LogP contribution in [0.3, 0.4) is 0 Å². The number of hydrogen-bond acceptors (Lipinski definition) is 3. The predicted octanol–water partition coefficient (Wildman–Crippen LogP) is 3.94. The van der Waals surface area contributed by atoms with Crippen molar-refractivity contribution in [2.45, 2.75) is 37.3 Å². The average Bonchev–Trinajstić information content (AvgIpc) is 2.52. The summed E-state index contributed by atoms with van der Waals surface area (Å²) in [6.45, 7) is 8.02. The SMILES string of the molecule is C=CCSc1nc2c(c(=O)[nH]1)C(C)(CC)Cc1ccccc1-2. The fraction of sp³-hybridized carbons (Fsp3) is 0.333. The first kappa shape index (κ1) is 15.1. The first-order chi connectivity index (χ1) is 10.6. The van der Waals surface area contributed by atoms with Crippen molar-refractivity contribution in [3.8, 4) is 11.3 Å². The second-order valence-corrected chi connectivity index (χ2v) is 6.95. The number of aromatic amines is 1. The van der Waals surface area contributed by atoms with Crippen molar-refractivity contribution < 1.29 is 0 Å². The number of nitrogens with zero attached hydrogens (tertiary/aromatic N) is 1. The molecule has 1 aromatic carbocycles. The number of thioether (sulfide) groups is 1. The highest BCUT2D eigenvalue weighted by Gasteiger charge is 2.37. The molecule has 0 bridgehead atoms. The Morgan fingerprint density at radius 3 is 2.95 bits per heavy atom. The third-order valence-electron chi connectivity index (χ3n) is 4.47. The Bertz CT molecular complexity index is 781. The second-order valence-electron chi connectivity index (χ2n) is 5.94. The molecule has 0 radical (unpaired) electrons. The molecule has 3 rings (SSSR count). The van der Waals surface area contributed by atoms with Gasteiger partial charge in [0.15, 0.2) is 5.16 Å². The number of H-pyrrole nitrogens is 1. The van der Waals surface area contributed by atoms with E-state index in [4.69, 9.17) is 4.98 Å². The first-order valence-electron chi connectivity index (χ1n) is 7.56.